The molecule has 3 aromatic rings. The lowest BCUT2D eigenvalue weighted by molar-refractivity contribution is 0.0992. The Morgan fingerprint density at radius 3 is 2.63 bits per heavy atom. The van der Waals surface area contributed by atoms with E-state index >= 15 is 0 Å². The van der Waals surface area contributed by atoms with E-state index in [0.29, 0.717) is 12.4 Å². The second kappa shape index (κ2) is 7.31. The Labute approximate surface area is 159 Å². The van der Waals surface area contributed by atoms with Gasteiger partial charge in [0, 0.05) is 5.69 Å². The minimum Gasteiger partial charge on any atom is -0.486 e. The Balaban J connectivity index is 1.40. The fourth-order valence-electron chi connectivity index (χ4n) is 3.56. The molecule has 0 spiro atoms. The number of hydrogen-bond acceptors (Lipinski definition) is 3. The zero-order valence-electron chi connectivity index (χ0n) is 15.7. The summed E-state index contributed by atoms with van der Waals surface area (Å²) in [6.45, 7) is 4.25. The average Bonchev–Trinajstić information content (AvgIpc) is 3.31. The third-order valence-corrected chi connectivity index (χ3v) is 5.06. The summed E-state index contributed by atoms with van der Waals surface area (Å²) in [6, 6.07) is 15.6. The first-order valence-electron chi connectivity index (χ1n) is 9.31. The fraction of sp³-hybridized carbons (Fsp3) is 0.261. The monoisotopic (exact) mass is 361 g/mol. The Morgan fingerprint density at radius 1 is 1.04 bits per heavy atom. The molecule has 0 saturated carbocycles. The molecule has 0 aliphatic heterocycles. The van der Waals surface area contributed by atoms with Crippen molar-refractivity contribution in [3.05, 3.63) is 82.3 Å². The zero-order valence-corrected chi connectivity index (χ0v) is 15.7. The van der Waals surface area contributed by atoms with Crippen LogP contribution in [0, 0.1) is 13.8 Å². The van der Waals surface area contributed by atoms with E-state index in [2.05, 4.69) is 17.4 Å². The highest BCUT2D eigenvalue weighted by Gasteiger charge is 2.15. The van der Waals surface area contributed by atoms with E-state index < -0.39 is 0 Å². The van der Waals surface area contributed by atoms with Gasteiger partial charge in [0.25, 0.3) is 5.91 Å². The number of furan rings is 1. The van der Waals surface area contributed by atoms with E-state index in [0.717, 1.165) is 35.4 Å². The molecule has 0 fully saturated rings. The average molecular weight is 361 g/mol. The van der Waals surface area contributed by atoms with Crippen LogP contribution in [0.2, 0.25) is 0 Å². The van der Waals surface area contributed by atoms with Gasteiger partial charge >= 0.3 is 0 Å². The van der Waals surface area contributed by atoms with Crippen LogP contribution in [0.3, 0.4) is 0 Å². The van der Waals surface area contributed by atoms with Gasteiger partial charge in [-0.05, 0) is 79.6 Å². The molecule has 4 nitrogen and oxygen atoms in total. The number of aryl methyl sites for hydroxylation is 4. The summed E-state index contributed by atoms with van der Waals surface area (Å²) in [5.41, 5.74) is 5.67. The third-order valence-electron chi connectivity index (χ3n) is 5.06. The molecule has 4 heteroatoms. The highest BCUT2D eigenvalue weighted by molar-refractivity contribution is 6.03. The molecule has 0 bridgehead atoms. The van der Waals surface area contributed by atoms with Gasteiger partial charge in [-0.25, -0.2) is 0 Å². The maximum absolute atomic E-state index is 12.5. The van der Waals surface area contributed by atoms with Crippen molar-refractivity contribution in [3.63, 3.8) is 0 Å². The molecule has 1 amide bonds. The van der Waals surface area contributed by atoms with Crippen molar-refractivity contribution in [2.75, 3.05) is 5.32 Å². The van der Waals surface area contributed by atoms with Crippen molar-refractivity contribution < 1.29 is 13.9 Å². The number of nitrogens with one attached hydrogen (secondary N) is 1. The summed E-state index contributed by atoms with van der Waals surface area (Å²) in [4.78, 5) is 12.5. The summed E-state index contributed by atoms with van der Waals surface area (Å²) in [7, 11) is 0. The highest BCUT2D eigenvalue weighted by Crippen LogP contribution is 2.27. The van der Waals surface area contributed by atoms with Gasteiger partial charge in [0.1, 0.15) is 18.1 Å². The van der Waals surface area contributed by atoms with Crippen molar-refractivity contribution in [2.45, 2.75) is 39.7 Å². The molecule has 1 N–H and O–H groups in total. The van der Waals surface area contributed by atoms with Gasteiger partial charge in [-0.1, -0.05) is 24.3 Å². The van der Waals surface area contributed by atoms with Crippen LogP contribution in [0.15, 0.2) is 52.9 Å². The molecule has 4 rings (SSSR count). The van der Waals surface area contributed by atoms with Gasteiger partial charge in [-0.2, -0.15) is 0 Å². The van der Waals surface area contributed by atoms with Gasteiger partial charge in [-0.15, -0.1) is 0 Å². The first kappa shape index (κ1) is 17.4. The number of para-hydroxylation sites is 1. The molecule has 1 aliphatic carbocycles. The SMILES string of the molecule is Cc1cccc(C)c1NC(=O)c1ccc(COc2ccc3c(c2)CCC3)o1. The topological polar surface area (TPSA) is 51.5 Å². The molecule has 0 saturated heterocycles. The smallest absolute Gasteiger partial charge is 0.291 e. The second-order valence-electron chi connectivity index (χ2n) is 7.06. The van der Waals surface area contributed by atoms with Gasteiger partial charge in [-0.3, -0.25) is 4.79 Å². The fourth-order valence-corrected chi connectivity index (χ4v) is 3.56. The van der Waals surface area contributed by atoms with E-state index in [1.165, 1.54) is 17.5 Å². The van der Waals surface area contributed by atoms with Crippen LogP contribution in [0.1, 0.15) is 45.0 Å². The lowest BCUT2D eigenvalue weighted by atomic mass is 10.1. The molecule has 138 valence electrons. The number of rotatable bonds is 5. The van der Waals surface area contributed by atoms with E-state index in [-0.39, 0.29) is 11.7 Å². The first-order chi connectivity index (χ1) is 13.1. The van der Waals surface area contributed by atoms with Crippen LogP contribution in [0.25, 0.3) is 0 Å². The Kier molecular flexibility index (Phi) is 4.71. The van der Waals surface area contributed by atoms with Crippen molar-refractivity contribution in [1.29, 1.82) is 0 Å². The standard InChI is InChI=1S/C23H23NO3/c1-15-5-3-6-16(2)22(15)24-23(25)21-12-11-20(27-21)14-26-19-10-9-17-7-4-8-18(17)13-19/h3,5-6,9-13H,4,7-8,14H2,1-2H3,(H,24,25). The maximum atomic E-state index is 12.5. The molecule has 1 heterocycles. The van der Waals surface area contributed by atoms with Crippen LogP contribution < -0.4 is 10.1 Å². The van der Waals surface area contributed by atoms with Crippen LogP contribution >= 0.6 is 0 Å². The number of benzene rings is 2. The molecule has 0 atom stereocenters. The summed E-state index contributed by atoms with van der Waals surface area (Å²) in [6.07, 6.45) is 3.50. The molecular formula is C23H23NO3. The summed E-state index contributed by atoms with van der Waals surface area (Å²) >= 11 is 0. The molecular weight excluding hydrogens is 338 g/mol. The van der Waals surface area contributed by atoms with Gasteiger partial charge in [0.05, 0.1) is 0 Å². The largest absolute Gasteiger partial charge is 0.486 e. The number of ether oxygens (including phenoxy) is 1. The molecule has 27 heavy (non-hydrogen) atoms. The lowest BCUT2D eigenvalue weighted by Gasteiger charge is -2.10. The van der Waals surface area contributed by atoms with Crippen molar-refractivity contribution in [3.8, 4) is 5.75 Å². The maximum Gasteiger partial charge on any atom is 0.291 e. The number of amides is 1. The van der Waals surface area contributed by atoms with E-state index in [1.807, 2.05) is 38.1 Å². The zero-order chi connectivity index (χ0) is 18.8. The number of anilines is 1. The molecule has 0 radical (unpaired) electrons. The predicted octanol–water partition coefficient (Wildman–Crippen LogP) is 5.22. The summed E-state index contributed by atoms with van der Waals surface area (Å²) < 4.78 is 11.5. The van der Waals surface area contributed by atoms with Crippen LogP contribution in [0.4, 0.5) is 5.69 Å². The Morgan fingerprint density at radius 2 is 1.81 bits per heavy atom. The second-order valence-corrected chi connectivity index (χ2v) is 7.06. The molecule has 0 unspecified atom stereocenters. The van der Waals surface area contributed by atoms with E-state index in [9.17, 15) is 4.79 Å². The normalized spacial score (nSPS) is 12.7. The molecule has 1 aromatic heterocycles. The van der Waals surface area contributed by atoms with E-state index in [1.54, 1.807) is 12.1 Å². The van der Waals surface area contributed by atoms with Crippen molar-refractivity contribution in [1.82, 2.24) is 0 Å². The summed E-state index contributed by atoms with van der Waals surface area (Å²) in [5, 5.41) is 2.94. The summed E-state index contributed by atoms with van der Waals surface area (Å²) in [5.74, 6) is 1.50. The van der Waals surface area contributed by atoms with Crippen LogP contribution in [0.5, 0.6) is 5.75 Å². The number of fused-ring (bicyclic) bond motifs is 1. The van der Waals surface area contributed by atoms with Gasteiger partial charge < -0.3 is 14.5 Å². The van der Waals surface area contributed by atoms with Crippen molar-refractivity contribution in [2.24, 2.45) is 0 Å². The lowest BCUT2D eigenvalue weighted by Crippen LogP contribution is -2.13. The first-order valence-corrected chi connectivity index (χ1v) is 9.31. The minimum atomic E-state index is -0.254. The van der Waals surface area contributed by atoms with Crippen LogP contribution in [-0.4, -0.2) is 5.91 Å². The van der Waals surface area contributed by atoms with Gasteiger partial charge in [0.15, 0.2) is 5.76 Å². The Bertz CT molecular complexity index is 967. The predicted molar refractivity (Wildman–Crippen MR) is 105 cm³/mol. The van der Waals surface area contributed by atoms with Crippen molar-refractivity contribution >= 4 is 11.6 Å². The minimum absolute atomic E-state index is 0.254. The molecule has 2 aromatic carbocycles. The molecule has 1 aliphatic rings. The number of carbonyl (C=O) groups excluding carboxylic acids is 1. The quantitative estimate of drug-likeness (QED) is 0.678. The number of hydrogen-bond donors (Lipinski definition) is 1. The third kappa shape index (κ3) is 3.75. The van der Waals surface area contributed by atoms with Gasteiger partial charge in [0.2, 0.25) is 0 Å². The highest BCUT2D eigenvalue weighted by atomic mass is 16.5. The number of carbonyl (C=O) groups is 1. The van der Waals surface area contributed by atoms with E-state index in [4.69, 9.17) is 9.15 Å². The Hall–Kier alpha value is -3.01. The van der Waals surface area contributed by atoms with Crippen LogP contribution in [-0.2, 0) is 19.4 Å².